The molecule has 1 unspecified atom stereocenters. The molecule has 0 fully saturated rings. The van der Waals surface area contributed by atoms with Crippen molar-refractivity contribution >= 4 is 5.82 Å². The van der Waals surface area contributed by atoms with Crippen molar-refractivity contribution < 1.29 is 4.74 Å². The quantitative estimate of drug-likeness (QED) is 0.752. The molecular formula is C10H18N4O. The molecule has 1 atom stereocenters. The summed E-state index contributed by atoms with van der Waals surface area (Å²) in [7, 11) is 3.60. The number of aryl methyl sites for hydroxylation is 1. The smallest absolute Gasteiger partial charge is 0.131 e. The van der Waals surface area contributed by atoms with Crippen LogP contribution in [0.5, 0.6) is 0 Å². The molecule has 84 valence electrons. The molecule has 1 heterocycles. The van der Waals surface area contributed by atoms with E-state index >= 15 is 0 Å². The zero-order chi connectivity index (χ0) is 11.3. The van der Waals surface area contributed by atoms with Crippen molar-refractivity contribution in [3.8, 4) is 0 Å². The molecular weight excluding hydrogens is 192 g/mol. The molecule has 0 aromatic carbocycles. The zero-order valence-corrected chi connectivity index (χ0v) is 9.47. The molecule has 0 amide bonds. The predicted molar refractivity (Wildman–Crippen MR) is 59.9 cm³/mol. The number of ether oxygens (including phenoxy) is 1. The Kier molecular flexibility index (Phi) is 4.45. The second-order valence-corrected chi connectivity index (χ2v) is 3.61. The Labute approximate surface area is 90.3 Å². The highest BCUT2D eigenvalue weighted by Gasteiger charge is 2.08. The van der Waals surface area contributed by atoms with Gasteiger partial charge in [0.1, 0.15) is 12.1 Å². The van der Waals surface area contributed by atoms with Crippen LogP contribution in [0.4, 0.5) is 5.82 Å². The molecule has 0 radical (unpaired) electrons. The molecule has 0 saturated carbocycles. The minimum Gasteiger partial charge on any atom is -0.383 e. The predicted octanol–water partition coefficient (Wildman–Crippen LogP) is 0.195. The van der Waals surface area contributed by atoms with Crippen molar-refractivity contribution in [1.29, 1.82) is 0 Å². The topological polar surface area (TPSA) is 64.3 Å². The highest BCUT2D eigenvalue weighted by Crippen LogP contribution is 2.08. The number of likely N-dealkylation sites (N-methyl/N-ethyl adjacent to an activating group) is 1. The monoisotopic (exact) mass is 210 g/mol. The van der Waals surface area contributed by atoms with Crippen LogP contribution in [0.3, 0.4) is 0 Å². The third-order valence-electron chi connectivity index (χ3n) is 2.07. The lowest BCUT2D eigenvalue weighted by molar-refractivity contribution is 0.181. The van der Waals surface area contributed by atoms with E-state index in [1.165, 1.54) is 0 Å². The van der Waals surface area contributed by atoms with Crippen molar-refractivity contribution in [3.63, 3.8) is 0 Å². The minimum absolute atomic E-state index is 0.00438. The van der Waals surface area contributed by atoms with E-state index in [0.717, 1.165) is 11.5 Å². The first-order valence-electron chi connectivity index (χ1n) is 4.87. The van der Waals surface area contributed by atoms with Crippen molar-refractivity contribution in [3.05, 3.63) is 18.1 Å². The van der Waals surface area contributed by atoms with Crippen LogP contribution < -0.4 is 10.6 Å². The van der Waals surface area contributed by atoms with Crippen LogP contribution in [0.1, 0.15) is 5.69 Å². The van der Waals surface area contributed by atoms with Crippen LogP contribution in [0, 0.1) is 6.92 Å². The molecule has 1 aromatic rings. The number of aromatic nitrogens is 2. The van der Waals surface area contributed by atoms with Crippen molar-refractivity contribution in [2.75, 3.05) is 32.2 Å². The van der Waals surface area contributed by atoms with E-state index in [1.807, 2.05) is 24.9 Å². The number of hydrogen-bond donors (Lipinski definition) is 1. The molecule has 0 aliphatic heterocycles. The van der Waals surface area contributed by atoms with Gasteiger partial charge in [0, 0.05) is 38.5 Å². The first kappa shape index (κ1) is 11.9. The van der Waals surface area contributed by atoms with Gasteiger partial charge < -0.3 is 15.4 Å². The summed E-state index contributed by atoms with van der Waals surface area (Å²) in [6.07, 6.45) is 1.56. The average Bonchev–Trinajstić information content (AvgIpc) is 2.18. The lowest BCUT2D eigenvalue weighted by Gasteiger charge is -2.21. The summed E-state index contributed by atoms with van der Waals surface area (Å²) in [5.74, 6) is 0.883. The first-order valence-corrected chi connectivity index (χ1v) is 4.87. The normalized spacial score (nSPS) is 12.5. The molecule has 5 heteroatoms. The van der Waals surface area contributed by atoms with Gasteiger partial charge in [0.25, 0.3) is 0 Å². The molecule has 2 N–H and O–H groups in total. The number of nitrogens with zero attached hydrogens (tertiary/aromatic N) is 3. The van der Waals surface area contributed by atoms with Crippen molar-refractivity contribution in [2.24, 2.45) is 5.73 Å². The van der Waals surface area contributed by atoms with Crippen molar-refractivity contribution in [2.45, 2.75) is 13.0 Å². The largest absolute Gasteiger partial charge is 0.383 e. The molecule has 1 aromatic heterocycles. The highest BCUT2D eigenvalue weighted by molar-refractivity contribution is 5.37. The Morgan fingerprint density at radius 1 is 1.53 bits per heavy atom. The van der Waals surface area contributed by atoms with Crippen LogP contribution in [-0.2, 0) is 4.74 Å². The van der Waals surface area contributed by atoms with E-state index < -0.39 is 0 Å². The van der Waals surface area contributed by atoms with E-state index in [1.54, 1.807) is 13.4 Å². The lowest BCUT2D eigenvalue weighted by atomic mass is 10.3. The van der Waals surface area contributed by atoms with Crippen LogP contribution in [0.2, 0.25) is 0 Å². The second-order valence-electron chi connectivity index (χ2n) is 3.61. The molecule has 5 nitrogen and oxygen atoms in total. The number of nitrogens with two attached hydrogens (primary N) is 1. The maximum Gasteiger partial charge on any atom is 0.131 e. The van der Waals surface area contributed by atoms with Gasteiger partial charge in [0.2, 0.25) is 0 Å². The molecule has 0 aliphatic rings. The van der Waals surface area contributed by atoms with E-state index in [4.69, 9.17) is 10.5 Å². The van der Waals surface area contributed by atoms with Crippen molar-refractivity contribution in [1.82, 2.24) is 9.97 Å². The lowest BCUT2D eigenvalue weighted by Crippen LogP contribution is -2.38. The van der Waals surface area contributed by atoms with Gasteiger partial charge in [-0.25, -0.2) is 9.97 Å². The fraction of sp³-hybridized carbons (Fsp3) is 0.600. The van der Waals surface area contributed by atoms with E-state index in [9.17, 15) is 0 Å². The highest BCUT2D eigenvalue weighted by atomic mass is 16.5. The Balaban J connectivity index is 2.56. The summed E-state index contributed by atoms with van der Waals surface area (Å²) in [4.78, 5) is 10.2. The van der Waals surface area contributed by atoms with Crippen LogP contribution in [-0.4, -0.2) is 43.3 Å². The Bertz CT molecular complexity index is 305. The second kappa shape index (κ2) is 5.63. The van der Waals surface area contributed by atoms with Gasteiger partial charge in [0.15, 0.2) is 0 Å². The third kappa shape index (κ3) is 3.81. The Hall–Kier alpha value is -1.20. The summed E-state index contributed by atoms with van der Waals surface area (Å²) in [6, 6.07) is 1.93. The molecule has 15 heavy (non-hydrogen) atoms. The first-order chi connectivity index (χ1) is 7.13. The van der Waals surface area contributed by atoms with E-state index in [0.29, 0.717) is 13.2 Å². The number of rotatable bonds is 5. The standard InChI is InChI=1S/C10H18N4O/c1-8-4-10(13-7-12-8)14(2)5-9(11)6-15-3/h4,7,9H,5-6,11H2,1-3H3. The van der Waals surface area contributed by atoms with Crippen LogP contribution >= 0.6 is 0 Å². The van der Waals surface area contributed by atoms with E-state index in [2.05, 4.69) is 9.97 Å². The molecule has 0 spiro atoms. The summed E-state index contributed by atoms with van der Waals surface area (Å²) in [5.41, 5.74) is 6.80. The Morgan fingerprint density at radius 2 is 2.27 bits per heavy atom. The maximum atomic E-state index is 5.85. The minimum atomic E-state index is -0.00438. The SMILES string of the molecule is COCC(N)CN(C)c1cc(C)ncn1. The fourth-order valence-corrected chi connectivity index (χ4v) is 1.36. The van der Waals surface area contributed by atoms with E-state index in [-0.39, 0.29) is 6.04 Å². The van der Waals surface area contributed by atoms with Gasteiger partial charge in [-0.1, -0.05) is 0 Å². The van der Waals surface area contributed by atoms with Gasteiger partial charge in [-0.2, -0.15) is 0 Å². The summed E-state index contributed by atoms with van der Waals surface area (Å²) in [5, 5.41) is 0. The molecule has 1 rings (SSSR count). The molecule has 0 aliphatic carbocycles. The number of hydrogen-bond acceptors (Lipinski definition) is 5. The van der Waals surface area contributed by atoms with Gasteiger partial charge in [-0.05, 0) is 6.92 Å². The van der Waals surface area contributed by atoms with Gasteiger partial charge in [0.05, 0.1) is 6.61 Å². The van der Waals surface area contributed by atoms with Gasteiger partial charge in [-0.15, -0.1) is 0 Å². The zero-order valence-electron chi connectivity index (χ0n) is 9.47. The Morgan fingerprint density at radius 3 is 2.87 bits per heavy atom. The maximum absolute atomic E-state index is 5.85. The van der Waals surface area contributed by atoms with Gasteiger partial charge in [-0.3, -0.25) is 0 Å². The number of anilines is 1. The summed E-state index contributed by atoms with van der Waals surface area (Å²) >= 11 is 0. The summed E-state index contributed by atoms with van der Waals surface area (Å²) in [6.45, 7) is 3.20. The molecule has 0 saturated heterocycles. The molecule has 0 bridgehead atoms. The fourth-order valence-electron chi connectivity index (χ4n) is 1.36. The van der Waals surface area contributed by atoms with Crippen LogP contribution in [0.15, 0.2) is 12.4 Å². The number of methoxy groups -OCH3 is 1. The third-order valence-corrected chi connectivity index (χ3v) is 2.07. The summed E-state index contributed by atoms with van der Waals surface area (Å²) < 4.78 is 4.98. The average molecular weight is 210 g/mol. The van der Waals surface area contributed by atoms with Crippen LogP contribution in [0.25, 0.3) is 0 Å². The van der Waals surface area contributed by atoms with Gasteiger partial charge >= 0.3 is 0 Å².